The first kappa shape index (κ1) is 23.8. The van der Waals surface area contributed by atoms with Gasteiger partial charge in [-0.1, -0.05) is 11.6 Å². The van der Waals surface area contributed by atoms with E-state index < -0.39 is 15.8 Å². The molecule has 0 saturated carbocycles. The number of carboxylic acids is 1. The van der Waals surface area contributed by atoms with E-state index in [2.05, 4.69) is 4.98 Å². The van der Waals surface area contributed by atoms with Gasteiger partial charge in [-0.3, -0.25) is 4.98 Å². The van der Waals surface area contributed by atoms with Crippen LogP contribution in [0.15, 0.2) is 46.5 Å². The third-order valence-electron chi connectivity index (χ3n) is 5.34. The Balaban J connectivity index is 1.86. The van der Waals surface area contributed by atoms with Crippen molar-refractivity contribution in [2.45, 2.75) is 50.5 Å². The third kappa shape index (κ3) is 4.52. The Morgan fingerprint density at radius 1 is 1.12 bits per heavy atom. The van der Waals surface area contributed by atoms with Crippen molar-refractivity contribution in [2.24, 2.45) is 0 Å². The fraction of sp³-hybridized carbons (Fsp3) is 0.304. The molecule has 0 aliphatic rings. The highest BCUT2D eigenvalue weighted by Gasteiger charge is 2.31. The Hall–Kier alpha value is -2.84. The molecule has 32 heavy (non-hydrogen) atoms. The fourth-order valence-corrected chi connectivity index (χ4v) is 5.68. The van der Waals surface area contributed by atoms with Gasteiger partial charge in [0.25, 0.3) is 0 Å². The third-order valence-corrected chi connectivity index (χ3v) is 7.96. The van der Waals surface area contributed by atoms with Gasteiger partial charge in [0.1, 0.15) is 11.4 Å². The van der Waals surface area contributed by atoms with E-state index in [4.69, 9.17) is 16.3 Å². The summed E-state index contributed by atoms with van der Waals surface area (Å²) in [5, 5.41) is 10.5. The number of sulfone groups is 1. The lowest BCUT2D eigenvalue weighted by Crippen LogP contribution is -2.13. The van der Waals surface area contributed by atoms with Crippen LogP contribution in [0.2, 0.25) is 5.02 Å². The predicted molar refractivity (Wildman–Crippen MR) is 122 cm³/mol. The average Bonchev–Trinajstić information content (AvgIpc) is 3.00. The SMILES string of the molecule is Cc1cc(OCCCn2c(C)c(S(=O)(=O)c3ccncc3)c(C)c2C(=O)O)cc(C)c1Cl. The van der Waals surface area contributed by atoms with Crippen LogP contribution in [-0.4, -0.2) is 35.7 Å². The molecule has 1 N–H and O–H groups in total. The quantitative estimate of drug-likeness (QED) is 0.470. The smallest absolute Gasteiger partial charge is 0.352 e. The molecule has 0 aliphatic carbocycles. The molecule has 0 aliphatic heterocycles. The number of hydrogen-bond donors (Lipinski definition) is 1. The van der Waals surface area contributed by atoms with E-state index in [-0.39, 0.29) is 21.0 Å². The van der Waals surface area contributed by atoms with Gasteiger partial charge in [-0.25, -0.2) is 13.2 Å². The van der Waals surface area contributed by atoms with Crippen LogP contribution in [0.3, 0.4) is 0 Å². The second-order valence-electron chi connectivity index (χ2n) is 7.60. The first-order chi connectivity index (χ1) is 15.1. The maximum Gasteiger partial charge on any atom is 0.352 e. The van der Waals surface area contributed by atoms with Gasteiger partial charge in [0, 0.05) is 35.2 Å². The number of ether oxygens (including phenoxy) is 1. The van der Waals surface area contributed by atoms with E-state index in [1.54, 1.807) is 6.92 Å². The van der Waals surface area contributed by atoms with Crippen molar-refractivity contribution < 1.29 is 23.1 Å². The topological polar surface area (TPSA) is 98.5 Å². The Bertz CT molecular complexity index is 1240. The van der Waals surface area contributed by atoms with Crippen molar-refractivity contribution in [3.63, 3.8) is 0 Å². The van der Waals surface area contributed by atoms with E-state index in [9.17, 15) is 18.3 Å². The molecule has 1 aromatic carbocycles. The monoisotopic (exact) mass is 476 g/mol. The van der Waals surface area contributed by atoms with Crippen LogP contribution in [-0.2, 0) is 16.4 Å². The van der Waals surface area contributed by atoms with Crippen LogP contribution in [0.5, 0.6) is 5.75 Å². The van der Waals surface area contributed by atoms with Gasteiger partial charge in [-0.15, -0.1) is 0 Å². The van der Waals surface area contributed by atoms with Crippen LogP contribution in [0.4, 0.5) is 0 Å². The lowest BCUT2D eigenvalue weighted by atomic mass is 10.1. The highest BCUT2D eigenvalue weighted by atomic mass is 35.5. The summed E-state index contributed by atoms with van der Waals surface area (Å²) in [5.74, 6) is -0.490. The first-order valence-electron chi connectivity index (χ1n) is 10.0. The number of benzene rings is 1. The van der Waals surface area contributed by atoms with Crippen LogP contribution in [0.25, 0.3) is 0 Å². The summed E-state index contributed by atoms with van der Waals surface area (Å²) in [6, 6.07) is 6.50. The average molecular weight is 477 g/mol. The molecule has 0 atom stereocenters. The second kappa shape index (κ2) is 9.34. The lowest BCUT2D eigenvalue weighted by molar-refractivity contribution is 0.0683. The van der Waals surface area contributed by atoms with Gasteiger partial charge in [-0.05, 0) is 69.5 Å². The lowest BCUT2D eigenvalue weighted by Gasteiger charge is -2.12. The number of rotatable bonds is 8. The van der Waals surface area contributed by atoms with Crippen LogP contribution >= 0.6 is 11.6 Å². The largest absolute Gasteiger partial charge is 0.494 e. The number of carboxylic acid groups (broad SMARTS) is 1. The number of carbonyl (C=O) groups is 1. The molecule has 0 radical (unpaired) electrons. The van der Waals surface area contributed by atoms with Crippen LogP contribution < -0.4 is 4.74 Å². The minimum absolute atomic E-state index is 0.0194. The molecule has 0 saturated heterocycles. The minimum Gasteiger partial charge on any atom is -0.494 e. The number of aromatic nitrogens is 2. The molecule has 2 heterocycles. The highest BCUT2D eigenvalue weighted by molar-refractivity contribution is 7.91. The Kier molecular flexibility index (Phi) is 6.95. The van der Waals surface area contributed by atoms with Gasteiger partial charge in [0.2, 0.25) is 9.84 Å². The van der Waals surface area contributed by atoms with Crippen molar-refractivity contribution >= 4 is 27.4 Å². The zero-order valence-electron chi connectivity index (χ0n) is 18.3. The minimum atomic E-state index is -3.89. The maximum atomic E-state index is 13.2. The number of halogens is 1. The van der Waals surface area contributed by atoms with Crippen molar-refractivity contribution in [3.8, 4) is 5.75 Å². The maximum absolute atomic E-state index is 13.2. The van der Waals surface area contributed by atoms with E-state index in [1.165, 1.54) is 36.0 Å². The van der Waals surface area contributed by atoms with Crippen molar-refractivity contribution in [2.75, 3.05) is 6.61 Å². The van der Waals surface area contributed by atoms with Crippen LogP contribution in [0.1, 0.15) is 39.3 Å². The van der Waals surface area contributed by atoms with Crippen molar-refractivity contribution in [3.05, 3.63) is 69.8 Å². The zero-order valence-corrected chi connectivity index (χ0v) is 19.9. The predicted octanol–water partition coefficient (Wildman–Crippen LogP) is 4.77. The molecular formula is C23H25ClN2O5S. The highest BCUT2D eigenvalue weighted by Crippen LogP contribution is 2.32. The molecular weight excluding hydrogens is 452 g/mol. The molecule has 0 amide bonds. The van der Waals surface area contributed by atoms with Crippen molar-refractivity contribution in [1.29, 1.82) is 0 Å². The zero-order chi connectivity index (χ0) is 23.6. The van der Waals surface area contributed by atoms with Gasteiger partial charge in [-0.2, -0.15) is 0 Å². The van der Waals surface area contributed by atoms with Gasteiger partial charge in [0.05, 0.1) is 16.4 Å². The molecule has 7 nitrogen and oxygen atoms in total. The molecule has 0 unspecified atom stereocenters. The second-order valence-corrected chi connectivity index (χ2v) is 9.87. The standard InChI is InChI=1S/C23H25ClN2O5S/c1-14-12-18(13-15(2)20(14)24)31-11-5-10-26-17(4)22(16(3)21(26)23(27)28)32(29,30)19-6-8-25-9-7-19/h6-9,12-13H,5,10-11H2,1-4H3,(H,27,28). The molecule has 3 rings (SSSR count). The summed E-state index contributed by atoms with van der Waals surface area (Å²) in [6.45, 7) is 7.58. The Morgan fingerprint density at radius 2 is 1.72 bits per heavy atom. The number of pyridine rings is 1. The fourth-order valence-electron chi connectivity index (χ4n) is 3.86. The molecule has 0 bridgehead atoms. The van der Waals surface area contributed by atoms with E-state index in [1.807, 2.05) is 26.0 Å². The summed E-state index contributed by atoms with van der Waals surface area (Å²) in [6.07, 6.45) is 3.28. The molecule has 9 heteroatoms. The number of aryl methyl sites for hydroxylation is 2. The summed E-state index contributed by atoms with van der Waals surface area (Å²) in [7, 11) is -3.89. The van der Waals surface area contributed by atoms with Gasteiger partial charge >= 0.3 is 5.97 Å². The molecule has 0 spiro atoms. The number of aromatic carboxylic acids is 1. The van der Waals surface area contributed by atoms with Gasteiger partial charge < -0.3 is 14.4 Å². The summed E-state index contributed by atoms with van der Waals surface area (Å²) in [5.41, 5.74) is 2.40. The molecule has 0 fully saturated rings. The van der Waals surface area contributed by atoms with Gasteiger partial charge in [0.15, 0.2) is 0 Å². The van der Waals surface area contributed by atoms with E-state index in [0.29, 0.717) is 36.0 Å². The van der Waals surface area contributed by atoms with E-state index >= 15 is 0 Å². The van der Waals surface area contributed by atoms with E-state index in [0.717, 1.165) is 11.1 Å². The number of hydrogen-bond acceptors (Lipinski definition) is 5. The number of nitrogens with zero attached hydrogens (tertiary/aromatic N) is 2. The Morgan fingerprint density at radius 3 is 2.28 bits per heavy atom. The first-order valence-corrected chi connectivity index (χ1v) is 11.9. The normalized spacial score (nSPS) is 11.5. The molecule has 2 aromatic heterocycles. The summed E-state index contributed by atoms with van der Waals surface area (Å²) >= 11 is 6.19. The summed E-state index contributed by atoms with van der Waals surface area (Å²) < 4.78 is 33.7. The van der Waals surface area contributed by atoms with Crippen LogP contribution in [0, 0.1) is 27.7 Å². The Labute approximate surface area is 192 Å². The summed E-state index contributed by atoms with van der Waals surface area (Å²) in [4.78, 5) is 15.9. The molecule has 170 valence electrons. The molecule has 3 aromatic rings. The van der Waals surface area contributed by atoms with Crippen molar-refractivity contribution in [1.82, 2.24) is 9.55 Å².